The third kappa shape index (κ3) is 1.35. The molecule has 1 heteroatoms. The van der Waals surface area contributed by atoms with Crippen molar-refractivity contribution in [2.24, 2.45) is 0 Å². The molecule has 0 saturated heterocycles. The molecule has 0 unspecified atom stereocenters. The van der Waals surface area contributed by atoms with Gasteiger partial charge in [-0.3, -0.25) is 0 Å². The zero-order valence-electron chi connectivity index (χ0n) is 8.17. The summed E-state index contributed by atoms with van der Waals surface area (Å²) in [5.41, 5.74) is 2.64. The monoisotopic (exact) mass is 172 g/mol. The van der Waals surface area contributed by atoms with Crippen LogP contribution in [-0.4, -0.2) is 4.57 Å². The Morgan fingerprint density at radius 3 is 3.08 bits per heavy atom. The largest absolute Gasteiger partial charge is 0.345 e. The van der Waals surface area contributed by atoms with Gasteiger partial charge >= 0.3 is 0 Å². The summed E-state index contributed by atoms with van der Waals surface area (Å²) in [5, 5.41) is 1.23. The Kier molecular flexibility index (Phi) is 2.09. The van der Waals surface area contributed by atoms with Gasteiger partial charge in [-0.05, 0) is 31.5 Å². The van der Waals surface area contributed by atoms with E-state index in [1.807, 2.05) is 12.1 Å². The van der Waals surface area contributed by atoms with Crippen molar-refractivity contribution in [3.63, 3.8) is 0 Å². The molecule has 1 nitrogen and oxygen atoms in total. The summed E-state index contributed by atoms with van der Waals surface area (Å²) in [7, 11) is 0. The van der Waals surface area contributed by atoms with E-state index in [9.17, 15) is 0 Å². The standard InChI is InChI=1S/C12H14N/c1-3-8-13-10(2)9-11-6-4-5-7-12(11)13/h4-5,7,9H,3,8H2,1-2H3. The van der Waals surface area contributed by atoms with Gasteiger partial charge in [-0.25, -0.2) is 0 Å². The summed E-state index contributed by atoms with van der Waals surface area (Å²) in [4.78, 5) is 0. The quantitative estimate of drug-likeness (QED) is 0.655. The lowest BCUT2D eigenvalue weighted by Crippen LogP contribution is -1.97. The van der Waals surface area contributed by atoms with Crippen LogP contribution in [0.1, 0.15) is 19.0 Å². The molecule has 0 aliphatic rings. The number of nitrogens with zero attached hydrogens (tertiary/aromatic N) is 1. The minimum Gasteiger partial charge on any atom is -0.345 e. The zero-order chi connectivity index (χ0) is 9.26. The highest BCUT2D eigenvalue weighted by Crippen LogP contribution is 2.18. The molecule has 0 saturated carbocycles. The van der Waals surface area contributed by atoms with Gasteiger partial charge in [0.05, 0.1) is 0 Å². The maximum atomic E-state index is 3.25. The van der Waals surface area contributed by atoms with Gasteiger partial charge in [0.1, 0.15) is 0 Å². The second kappa shape index (κ2) is 3.25. The molecule has 0 spiro atoms. The molecule has 2 aromatic rings. The van der Waals surface area contributed by atoms with Crippen molar-refractivity contribution in [2.75, 3.05) is 0 Å². The molecule has 1 radical (unpaired) electrons. The molecule has 2 rings (SSSR count). The van der Waals surface area contributed by atoms with Crippen molar-refractivity contribution in [2.45, 2.75) is 26.8 Å². The van der Waals surface area contributed by atoms with Crippen LogP contribution in [0.3, 0.4) is 0 Å². The first kappa shape index (κ1) is 8.36. The van der Waals surface area contributed by atoms with Gasteiger partial charge < -0.3 is 4.57 Å². The molecule has 0 amide bonds. The third-order valence-electron chi connectivity index (χ3n) is 2.38. The molecule has 1 heterocycles. The average Bonchev–Trinajstić information content (AvgIpc) is 2.44. The number of fused-ring (bicyclic) bond motifs is 1. The van der Waals surface area contributed by atoms with E-state index in [1.54, 1.807) is 0 Å². The summed E-state index contributed by atoms with van der Waals surface area (Å²) in [6.07, 6.45) is 1.18. The summed E-state index contributed by atoms with van der Waals surface area (Å²) in [6, 6.07) is 11.6. The Morgan fingerprint density at radius 2 is 2.31 bits per heavy atom. The molecule has 13 heavy (non-hydrogen) atoms. The summed E-state index contributed by atoms with van der Waals surface area (Å²) < 4.78 is 2.35. The highest BCUT2D eigenvalue weighted by atomic mass is 15.0. The predicted molar refractivity (Wildman–Crippen MR) is 55.8 cm³/mol. The van der Waals surface area contributed by atoms with Crippen molar-refractivity contribution in [1.82, 2.24) is 4.57 Å². The first-order chi connectivity index (χ1) is 6.33. The van der Waals surface area contributed by atoms with E-state index in [0.29, 0.717) is 0 Å². The Hall–Kier alpha value is -1.24. The maximum absolute atomic E-state index is 3.25. The summed E-state index contributed by atoms with van der Waals surface area (Å²) >= 11 is 0. The van der Waals surface area contributed by atoms with Gasteiger partial charge in [-0.1, -0.05) is 19.1 Å². The topological polar surface area (TPSA) is 4.93 Å². The van der Waals surface area contributed by atoms with Gasteiger partial charge in [0, 0.05) is 23.1 Å². The van der Waals surface area contributed by atoms with Crippen LogP contribution in [0.25, 0.3) is 10.9 Å². The lowest BCUT2D eigenvalue weighted by atomic mass is 10.2. The van der Waals surface area contributed by atoms with Crippen LogP contribution in [0.2, 0.25) is 0 Å². The van der Waals surface area contributed by atoms with E-state index in [4.69, 9.17) is 0 Å². The highest BCUT2D eigenvalue weighted by Gasteiger charge is 2.02. The van der Waals surface area contributed by atoms with Gasteiger partial charge in [-0.2, -0.15) is 0 Å². The minimum atomic E-state index is 1.10. The van der Waals surface area contributed by atoms with Crippen LogP contribution in [0, 0.1) is 13.0 Å². The second-order valence-corrected chi connectivity index (χ2v) is 3.41. The van der Waals surface area contributed by atoms with Crippen LogP contribution >= 0.6 is 0 Å². The van der Waals surface area contributed by atoms with Crippen molar-refractivity contribution in [1.29, 1.82) is 0 Å². The van der Waals surface area contributed by atoms with Crippen molar-refractivity contribution < 1.29 is 0 Å². The summed E-state index contributed by atoms with van der Waals surface area (Å²) in [6.45, 7) is 5.47. The number of rotatable bonds is 2. The average molecular weight is 172 g/mol. The third-order valence-corrected chi connectivity index (χ3v) is 2.38. The Balaban J connectivity index is 2.64. The maximum Gasteiger partial charge on any atom is 0.0488 e. The van der Waals surface area contributed by atoms with E-state index >= 15 is 0 Å². The molecule has 0 atom stereocenters. The van der Waals surface area contributed by atoms with E-state index in [0.717, 1.165) is 6.54 Å². The van der Waals surface area contributed by atoms with Crippen LogP contribution in [0.15, 0.2) is 24.3 Å². The second-order valence-electron chi connectivity index (χ2n) is 3.41. The van der Waals surface area contributed by atoms with Gasteiger partial charge in [0.2, 0.25) is 0 Å². The van der Waals surface area contributed by atoms with Crippen LogP contribution in [0.5, 0.6) is 0 Å². The van der Waals surface area contributed by atoms with E-state index in [2.05, 4.69) is 36.6 Å². The number of hydrogen-bond donors (Lipinski definition) is 0. The molecule has 0 bridgehead atoms. The Morgan fingerprint density at radius 1 is 1.46 bits per heavy atom. The fraction of sp³-hybridized carbons (Fsp3) is 0.333. The lowest BCUT2D eigenvalue weighted by molar-refractivity contribution is 0.686. The Bertz CT molecular complexity index is 412. The molecule has 1 aromatic carbocycles. The van der Waals surface area contributed by atoms with Gasteiger partial charge in [0.25, 0.3) is 0 Å². The summed E-state index contributed by atoms with van der Waals surface area (Å²) in [5.74, 6) is 0. The van der Waals surface area contributed by atoms with Gasteiger partial charge in [-0.15, -0.1) is 0 Å². The van der Waals surface area contributed by atoms with Gasteiger partial charge in [0.15, 0.2) is 0 Å². The van der Waals surface area contributed by atoms with Crippen LogP contribution in [-0.2, 0) is 6.54 Å². The lowest BCUT2D eigenvalue weighted by Gasteiger charge is -2.04. The molecule has 67 valence electrons. The van der Waals surface area contributed by atoms with E-state index < -0.39 is 0 Å². The first-order valence-electron chi connectivity index (χ1n) is 4.79. The normalized spacial score (nSPS) is 10.9. The van der Waals surface area contributed by atoms with Crippen molar-refractivity contribution >= 4 is 10.9 Å². The molecule has 0 aliphatic carbocycles. The Labute approximate surface area is 79.0 Å². The van der Waals surface area contributed by atoms with E-state index in [1.165, 1.54) is 23.0 Å². The van der Waals surface area contributed by atoms with Crippen LogP contribution < -0.4 is 0 Å². The molecular formula is C12H14N. The van der Waals surface area contributed by atoms with Crippen LogP contribution in [0.4, 0.5) is 0 Å². The SMILES string of the molecule is CCCn1c(C)cc2[c]cccc21. The number of hydrogen-bond acceptors (Lipinski definition) is 0. The fourth-order valence-corrected chi connectivity index (χ4v) is 1.79. The molecule has 0 N–H and O–H groups in total. The van der Waals surface area contributed by atoms with Crippen molar-refractivity contribution in [3.8, 4) is 0 Å². The zero-order valence-corrected chi connectivity index (χ0v) is 8.17. The molecule has 1 aromatic heterocycles. The molecule has 0 fully saturated rings. The number of benzene rings is 1. The number of aromatic nitrogens is 1. The van der Waals surface area contributed by atoms with Crippen molar-refractivity contribution in [3.05, 3.63) is 36.0 Å². The minimum absolute atomic E-state index is 1.10. The fourth-order valence-electron chi connectivity index (χ4n) is 1.79. The predicted octanol–water partition coefficient (Wildman–Crippen LogP) is 3.16. The molecular weight excluding hydrogens is 158 g/mol. The van der Waals surface area contributed by atoms with E-state index in [-0.39, 0.29) is 0 Å². The first-order valence-corrected chi connectivity index (χ1v) is 4.79. The highest BCUT2D eigenvalue weighted by molar-refractivity contribution is 5.80. The molecule has 0 aliphatic heterocycles. The smallest absolute Gasteiger partial charge is 0.0488 e. The number of aryl methyl sites for hydroxylation is 2.